The van der Waals surface area contributed by atoms with Crippen LogP contribution in [0.4, 0.5) is 5.69 Å². The molecular formula is C23H24N2O4. The molecule has 150 valence electrons. The van der Waals surface area contributed by atoms with Gasteiger partial charge in [-0.15, -0.1) is 0 Å². The normalized spacial score (nSPS) is 13.9. The van der Waals surface area contributed by atoms with E-state index in [4.69, 9.17) is 14.7 Å². The average Bonchev–Trinajstić information content (AvgIpc) is 2.78. The smallest absolute Gasteiger partial charge is 0.344 e. The lowest BCUT2D eigenvalue weighted by atomic mass is 9.93. The van der Waals surface area contributed by atoms with Gasteiger partial charge >= 0.3 is 5.97 Å². The molecule has 0 aromatic heterocycles. The van der Waals surface area contributed by atoms with Crippen LogP contribution in [0.5, 0.6) is 5.75 Å². The van der Waals surface area contributed by atoms with Gasteiger partial charge in [-0.25, -0.2) is 4.79 Å². The van der Waals surface area contributed by atoms with Gasteiger partial charge in [0, 0.05) is 11.7 Å². The quantitative estimate of drug-likeness (QED) is 0.669. The van der Waals surface area contributed by atoms with Crippen LogP contribution in [0.3, 0.4) is 0 Å². The summed E-state index contributed by atoms with van der Waals surface area (Å²) >= 11 is 0. The first-order chi connectivity index (χ1) is 14.2. The summed E-state index contributed by atoms with van der Waals surface area (Å²) in [6.45, 7) is -0.616. The molecular weight excluding hydrogens is 368 g/mol. The lowest BCUT2D eigenvalue weighted by Gasteiger charge is -2.34. The van der Waals surface area contributed by atoms with Gasteiger partial charge in [0.05, 0.1) is 11.6 Å². The Morgan fingerprint density at radius 3 is 2.31 bits per heavy atom. The standard InChI is InChI=1S/C23H24N2O4/c24-15-18-11-13-21(14-12-18)28-17-23(27)29-16-22(26)25(19-7-3-1-4-8-19)20-9-5-2-6-10-20/h1,3-4,7-8,11-14,20H,2,5-6,9-10,16-17H2. The maximum absolute atomic E-state index is 12.9. The monoisotopic (exact) mass is 392 g/mol. The van der Waals surface area contributed by atoms with Crippen LogP contribution >= 0.6 is 0 Å². The molecule has 3 rings (SSSR count). The molecule has 1 saturated carbocycles. The third-order valence-corrected chi connectivity index (χ3v) is 4.94. The molecule has 29 heavy (non-hydrogen) atoms. The van der Waals surface area contributed by atoms with Crippen molar-refractivity contribution >= 4 is 17.6 Å². The molecule has 0 saturated heterocycles. The summed E-state index contributed by atoms with van der Waals surface area (Å²) in [6, 6.07) is 18.1. The van der Waals surface area contributed by atoms with Gasteiger partial charge < -0.3 is 14.4 Å². The molecule has 0 radical (unpaired) electrons. The molecule has 0 bridgehead atoms. The summed E-state index contributed by atoms with van der Waals surface area (Å²) in [4.78, 5) is 26.7. The molecule has 1 aliphatic carbocycles. The van der Waals surface area contributed by atoms with Gasteiger partial charge in [0.15, 0.2) is 13.2 Å². The molecule has 0 aliphatic heterocycles. The number of rotatable bonds is 7. The minimum absolute atomic E-state index is 0.132. The largest absolute Gasteiger partial charge is 0.482 e. The van der Waals surface area contributed by atoms with E-state index in [1.807, 2.05) is 36.4 Å². The van der Waals surface area contributed by atoms with Crippen LogP contribution < -0.4 is 9.64 Å². The molecule has 0 N–H and O–H groups in total. The third-order valence-electron chi connectivity index (χ3n) is 4.94. The van der Waals surface area contributed by atoms with Crippen molar-refractivity contribution in [2.45, 2.75) is 38.1 Å². The molecule has 0 atom stereocenters. The van der Waals surface area contributed by atoms with Gasteiger partial charge in [-0.1, -0.05) is 37.5 Å². The van der Waals surface area contributed by atoms with E-state index >= 15 is 0 Å². The Kier molecular flexibility index (Phi) is 7.23. The molecule has 1 fully saturated rings. The number of hydrogen-bond donors (Lipinski definition) is 0. The first-order valence-corrected chi connectivity index (χ1v) is 9.83. The Morgan fingerprint density at radius 2 is 1.66 bits per heavy atom. The Labute approximate surface area is 170 Å². The fourth-order valence-corrected chi connectivity index (χ4v) is 3.51. The van der Waals surface area contributed by atoms with E-state index in [1.54, 1.807) is 29.2 Å². The minimum Gasteiger partial charge on any atom is -0.482 e. The average molecular weight is 392 g/mol. The van der Waals surface area contributed by atoms with Crippen molar-refractivity contribution in [3.8, 4) is 11.8 Å². The molecule has 0 unspecified atom stereocenters. The van der Waals surface area contributed by atoms with Gasteiger partial charge in [0.2, 0.25) is 0 Å². The second kappa shape index (κ2) is 10.3. The van der Waals surface area contributed by atoms with Crippen molar-refractivity contribution in [3.05, 3.63) is 60.2 Å². The Bertz CT molecular complexity index is 853. The topological polar surface area (TPSA) is 79.6 Å². The van der Waals surface area contributed by atoms with E-state index in [0.29, 0.717) is 11.3 Å². The number of carbonyl (C=O) groups is 2. The van der Waals surface area contributed by atoms with E-state index in [2.05, 4.69) is 0 Å². The van der Waals surface area contributed by atoms with Crippen molar-refractivity contribution in [1.82, 2.24) is 0 Å². The number of anilines is 1. The number of nitrogens with zero attached hydrogens (tertiary/aromatic N) is 2. The highest BCUT2D eigenvalue weighted by atomic mass is 16.6. The Hall–Kier alpha value is -3.33. The van der Waals surface area contributed by atoms with Crippen LogP contribution in [0.2, 0.25) is 0 Å². The summed E-state index contributed by atoms with van der Waals surface area (Å²) < 4.78 is 10.5. The van der Waals surface area contributed by atoms with Crippen LogP contribution in [0.15, 0.2) is 54.6 Å². The Balaban J connectivity index is 1.54. The number of hydrogen-bond acceptors (Lipinski definition) is 5. The van der Waals surface area contributed by atoms with Gasteiger partial charge in [-0.05, 0) is 49.2 Å². The molecule has 1 aliphatic rings. The van der Waals surface area contributed by atoms with Crippen molar-refractivity contribution in [1.29, 1.82) is 5.26 Å². The predicted molar refractivity (Wildman–Crippen MR) is 108 cm³/mol. The van der Waals surface area contributed by atoms with Crippen LogP contribution in [-0.2, 0) is 14.3 Å². The molecule has 0 heterocycles. The Morgan fingerprint density at radius 1 is 0.966 bits per heavy atom. The molecule has 2 aromatic rings. The predicted octanol–water partition coefficient (Wildman–Crippen LogP) is 3.85. The fourth-order valence-electron chi connectivity index (χ4n) is 3.51. The van der Waals surface area contributed by atoms with Crippen LogP contribution in [-0.4, -0.2) is 31.1 Å². The first kappa shape index (κ1) is 20.4. The number of esters is 1. The number of carbonyl (C=O) groups excluding carboxylic acids is 2. The van der Waals surface area contributed by atoms with Crippen molar-refractivity contribution < 1.29 is 19.1 Å². The minimum atomic E-state index is -0.612. The van der Waals surface area contributed by atoms with Crippen LogP contribution in [0.25, 0.3) is 0 Å². The molecule has 1 amide bonds. The number of nitriles is 1. The second-order valence-electron chi connectivity index (χ2n) is 6.98. The molecule has 2 aromatic carbocycles. The van der Waals surface area contributed by atoms with Gasteiger partial charge in [-0.3, -0.25) is 4.79 Å². The summed E-state index contributed by atoms with van der Waals surface area (Å²) in [6.07, 6.45) is 5.29. The van der Waals surface area contributed by atoms with E-state index in [1.165, 1.54) is 6.42 Å². The number of amides is 1. The van der Waals surface area contributed by atoms with Crippen molar-refractivity contribution in [2.75, 3.05) is 18.1 Å². The third kappa shape index (κ3) is 5.82. The van der Waals surface area contributed by atoms with Gasteiger partial charge in [0.1, 0.15) is 5.75 Å². The van der Waals surface area contributed by atoms with Crippen LogP contribution in [0.1, 0.15) is 37.7 Å². The second-order valence-corrected chi connectivity index (χ2v) is 6.98. The lowest BCUT2D eigenvalue weighted by molar-refractivity contribution is -0.149. The summed E-state index contributed by atoms with van der Waals surface area (Å²) in [5.41, 5.74) is 1.34. The zero-order valence-electron chi connectivity index (χ0n) is 16.3. The molecule has 6 nitrogen and oxygen atoms in total. The highest BCUT2D eigenvalue weighted by Gasteiger charge is 2.27. The fraction of sp³-hybridized carbons (Fsp3) is 0.348. The molecule has 6 heteroatoms. The zero-order valence-corrected chi connectivity index (χ0v) is 16.3. The van der Waals surface area contributed by atoms with E-state index in [-0.39, 0.29) is 25.2 Å². The van der Waals surface area contributed by atoms with Gasteiger partial charge in [-0.2, -0.15) is 5.26 Å². The summed E-state index contributed by atoms with van der Waals surface area (Å²) in [7, 11) is 0. The lowest BCUT2D eigenvalue weighted by Crippen LogP contribution is -2.44. The SMILES string of the molecule is N#Cc1ccc(OCC(=O)OCC(=O)N(c2ccccc2)C2CCCCC2)cc1. The maximum atomic E-state index is 12.9. The van der Waals surface area contributed by atoms with Crippen LogP contribution in [0, 0.1) is 11.3 Å². The number of para-hydroxylation sites is 1. The first-order valence-electron chi connectivity index (χ1n) is 9.83. The summed E-state index contributed by atoms with van der Waals surface area (Å²) in [5, 5.41) is 8.79. The number of benzene rings is 2. The zero-order chi connectivity index (χ0) is 20.5. The van der Waals surface area contributed by atoms with E-state index in [0.717, 1.165) is 31.4 Å². The van der Waals surface area contributed by atoms with E-state index < -0.39 is 5.97 Å². The molecule has 0 spiro atoms. The van der Waals surface area contributed by atoms with Gasteiger partial charge in [0.25, 0.3) is 5.91 Å². The van der Waals surface area contributed by atoms with E-state index in [9.17, 15) is 9.59 Å². The van der Waals surface area contributed by atoms with Crippen molar-refractivity contribution in [2.24, 2.45) is 0 Å². The van der Waals surface area contributed by atoms with Crippen molar-refractivity contribution in [3.63, 3.8) is 0 Å². The summed E-state index contributed by atoms with van der Waals surface area (Å²) in [5.74, 6) is -0.380. The number of ether oxygens (including phenoxy) is 2. The highest BCUT2D eigenvalue weighted by molar-refractivity contribution is 5.95. The highest BCUT2D eigenvalue weighted by Crippen LogP contribution is 2.27. The maximum Gasteiger partial charge on any atom is 0.344 e.